The Morgan fingerprint density at radius 3 is 2.25 bits per heavy atom. The molecule has 1 saturated heterocycles. The van der Waals surface area contributed by atoms with Crippen LogP contribution in [0.4, 0.5) is 0 Å². The predicted molar refractivity (Wildman–Crippen MR) is 65.4 cm³/mol. The molecule has 1 rings (SSSR count). The summed E-state index contributed by atoms with van der Waals surface area (Å²) in [5.41, 5.74) is -0.572. The third kappa shape index (κ3) is 3.48. The van der Waals surface area contributed by atoms with Crippen LogP contribution in [-0.2, 0) is 4.79 Å². The van der Waals surface area contributed by atoms with Gasteiger partial charge in [-0.25, -0.2) is 0 Å². The van der Waals surface area contributed by atoms with Crippen LogP contribution in [0, 0.1) is 17.3 Å². The molecule has 1 aliphatic heterocycles. The number of rotatable bonds is 5. The summed E-state index contributed by atoms with van der Waals surface area (Å²) >= 11 is 0. The second kappa shape index (κ2) is 5.17. The zero-order valence-corrected chi connectivity index (χ0v) is 11.0. The average Bonchev–Trinajstić information content (AvgIpc) is 2.45. The minimum atomic E-state index is -0.685. The van der Waals surface area contributed by atoms with Crippen LogP contribution in [0.1, 0.15) is 40.5 Å². The predicted octanol–water partition coefficient (Wildman–Crippen LogP) is 2.47. The number of carboxylic acids is 1. The van der Waals surface area contributed by atoms with Gasteiger partial charge in [-0.05, 0) is 45.1 Å². The summed E-state index contributed by atoms with van der Waals surface area (Å²) in [6.07, 6.45) is 1.75. The first kappa shape index (κ1) is 13.5. The standard InChI is InChI=1S/C13H25NO2/c1-10-8-14(9-11(10)2)7-5-6-13(3,4)12(15)16/h10-11H,5-9H2,1-4H3,(H,15,16). The molecule has 2 atom stereocenters. The fourth-order valence-electron chi connectivity index (χ4n) is 2.28. The molecule has 0 spiro atoms. The van der Waals surface area contributed by atoms with E-state index in [1.165, 1.54) is 13.1 Å². The summed E-state index contributed by atoms with van der Waals surface area (Å²) in [6.45, 7) is 11.6. The van der Waals surface area contributed by atoms with E-state index in [9.17, 15) is 4.79 Å². The van der Waals surface area contributed by atoms with Gasteiger partial charge in [-0.3, -0.25) is 4.79 Å². The smallest absolute Gasteiger partial charge is 0.309 e. The van der Waals surface area contributed by atoms with Crippen molar-refractivity contribution in [3.8, 4) is 0 Å². The molecule has 1 N–H and O–H groups in total. The summed E-state index contributed by atoms with van der Waals surface area (Å²) in [6, 6.07) is 0. The second-order valence-electron chi connectivity index (χ2n) is 6.01. The normalized spacial score (nSPS) is 27.2. The van der Waals surface area contributed by atoms with E-state index in [0.29, 0.717) is 0 Å². The quantitative estimate of drug-likeness (QED) is 0.784. The van der Waals surface area contributed by atoms with Crippen LogP contribution < -0.4 is 0 Å². The lowest BCUT2D eigenvalue weighted by molar-refractivity contribution is -0.147. The Hall–Kier alpha value is -0.570. The number of likely N-dealkylation sites (tertiary alicyclic amines) is 1. The fourth-order valence-corrected chi connectivity index (χ4v) is 2.28. The maximum Gasteiger partial charge on any atom is 0.309 e. The molecule has 0 radical (unpaired) electrons. The van der Waals surface area contributed by atoms with Crippen LogP contribution in [0.25, 0.3) is 0 Å². The van der Waals surface area contributed by atoms with Crippen LogP contribution in [0.2, 0.25) is 0 Å². The second-order valence-corrected chi connectivity index (χ2v) is 6.01. The minimum Gasteiger partial charge on any atom is -0.481 e. The molecular formula is C13H25NO2. The maximum absolute atomic E-state index is 10.9. The first-order valence-electron chi connectivity index (χ1n) is 6.28. The first-order chi connectivity index (χ1) is 7.33. The molecule has 16 heavy (non-hydrogen) atoms. The highest BCUT2D eigenvalue weighted by molar-refractivity contribution is 5.73. The highest BCUT2D eigenvalue weighted by atomic mass is 16.4. The van der Waals surface area contributed by atoms with Crippen LogP contribution in [0.15, 0.2) is 0 Å². The SMILES string of the molecule is CC1CN(CCCC(C)(C)C(=O)O)CC1C. The molecule has 0 bridgehead atoms. The molecule has 1 aliphatic rings. The Bertz CT molecular complexity index is 240. The van der Waals surface area contributed by atoms with Gasteiger partial charge in [-0.2, -0.15) is 0 Å². The third-order valence-corrected chi connectivity index (χ3v) is 3.92. The van der Waals surface area contributed by atoms with E-state index >= 15 is 0 Å². The van der Waals surface area contributed by atoms with Crippen LogP contribution >= 0.6 is 0 Å². The third-order valence-electron chi connectivity index (χ3n) is 3.92. The zero-order chi connectivity index (χ0) is 12.3. The van der Waals surface area contributed by atoms with Gasteiger partial charge in [0.1, 0.15) is 0 Å². The van der Waals surface area contributed by atoms with Crippen molar-refractivity contribution < 1.29 is 9.90 Å². The summed E-state index contributed by atoms with van der Waals surface area (Å²) in [7, 11) is 0. The Labute approximate surface area is 98.8 Å². The zero-order valence-electron chi connectivity index (χ0n) is 11.0. The number of hydrogen-bond donors (Lipinski definition) is 1. The van der Waals surface area contributed by atoms with Crippen LogP contribution in [0.5, 0.6) is 0 Å². The number of hydrogen-bond acceptors (Lipinski definition) is 2. The number of nitrogens with zero attached hydrogens (tertiary/aromatic N) is 1. The van der Waals surface area contributed by atoms with Crippen LogP contribution in [-0.4, -0.2) is 35.6 Å². The molecule has 0 aromatic rings. The molecule has 0 aliphatic carbocycles. The van der Waals surface area contributed by atoms with Crippen LogP contribution in [0.3, 0.4) is 0 Å². The van der Waals surface area contributed by atoms with E-state index in [1.807, 2.05) is 13.8 Å². The lowest BCUT2D eigenvalue weighted by atomic mass is 9.88. The van der Waals surface area contributed by atoms with Gasteiger partial charge in [0, 0.05) is 13.1 Å². The van der Waals surface area contributed by atoms with Crippen molar-refractivity contribution in [2.24, 2.45) is 17.3 Å². The van der Waals surface area contributed by atoms with Crippen molar-refractivity contribution in [1.29, 1.82) is 0 Å². The van der Waals surface area contributed by atoms with Gasteiger partial charge in [0.05, 0.1) is 5.41 Å². The van der Waals surface area contributed by atoms with Crippen molar-refractivity contribution >= 4 is 5.97 Å². The summed E-state index contributed by atoms with van der Waals surface area (Å²) in [5.74, 6) is 0.885. The molecule has 1 heterocycles. The Kier molecular flexibility index (Phi) is 4.36. The van der Waals surface area contributed by atoms with E-state index in [4.69, 9.17) is 5.11 Å². The van der Waals surface area contributed by atoms with E-state index in [1.54, 1.807) is 0 Å². The largest absolute Gasteiger partial charge is 0.481 e. The summed E-state index contributed by atoms with van der Waals surface area (Å²) < 4.78 is 0. The summed E-state index contributed by atoms with van der Waals surface area (Å²) in [4.78, 5) is 13.4. The van der Waals surface area contributed by atoms with Gasteiger partial charge in [0.2, 0.25) is 0 Å². The van der Waals surface area contributed by atoms with Crippen molar-refractivity contribution in [3.05, 3.63) is 0 Å². The molecule has 0 aromatic heterocycles. The highest BCUT2D eigenvalue weighted by Gasteiger charge is 2.28. The molecule has 1 fully saturated rings. The lowest BCUT2D eigenvalue weighted by Gasteiger charge is -2.21. The lowest BCUT2D eigenvalue weighted by Crippen LogP contribution is -2.27. The van der Waals surface area contributed by atoms with Gasteiger partial charge in [0.25, 0.3) is 0 Å². The minimum absolute atomic E-state index is 0.572. The molecule has 2 unspecified atom stereocenters. The Balaban J connectivity index is 2.24. The molecule has 3 heteroatoms. The van der Waals surface area contributed by atoms with Crippen molar-refractivity contribution in [3.63, 3.8) is 0 Å². The van der Waals surface area contributed by atoms with Gasteiger partial charge >= 0.3 is 5.97 Å². The highest BCUT2D eigenvalue weighted by Crippen LogP contribution is 2.25. The fraction of sp³-hybridized carbons (Fsp3) is 0.923. The van der Waals surface area contributed by atoms with Crippen molar-refractivity contribution in [1.82, 2.24) is 4.90 Å². The van der Waals surface area contributed by atoms with E-state index in [-0.39, 0.29) is 0 Å². The number of carboxylic acid groups (broad SMARTS) is 1. The number of aliphatic carboxylic acids is 1. The van der Waals surface area contributed by atoms with Gasteiger partial charge < -0.3 is 10.0 Å². The van der Waals surface area contributed by atoms with Gasteiger partial charge in [0.15, 0.2) is 0 Å². The van der Waals surface area contributed by atoms with Gasteiger partial charge in [-0.15, -0.1) is 0 Å². The molecular weight excluding hydrogens is 202 g/mol. The topological polar surface area (TPSA) is 40.5 Å². The van der Waals surface area contributed by atoms with E-state index in [0.717, 1.165) is 31.2 Å². The number of carbonyl (C=O) groups is 1. The average molecular weight is 227 g/mol. The Morgan fingerprint density at radius 1 is 1.31 bits per heavy atom. The van der Waals surface area contributed by atoms with Crippen molar-refractivity contribution in [2.45, 2.75) is 40.5 Å². The van der Waals surface area contributed by atoms with Crippen molar-refractivity contribution in [2.75, 3.05) is 19.6 Å². The molecule has 94 valence electrons. The summed E-state index contributed by atoms with van der Waals surface area (Å²) in [5, 5.41) is 9.00. The van der Waals surface area contributed by atoms with Gasteiger partial charge in [-0.1, -0.05) is 13.8 Å². The maximum atomic E-state index is 10.9. The molecule has 3 nitrogen and oxygen atoms in total. The Morgan fingerprint density at radius 2 is 1.81 bits per heavy atom. The monoisotopic (exact) mass is 227 g/mol. The molecule has 0 aromatic carbocycles. The first-order valence-corrected chi connectivity index (χ1v) is 6.28. The molecule has 0 amide bonds. The molecule has 0 saturated carbocycles. The van der Waals surface area contributed by atoms with E-state index in [2.05, 4.69) is 18.7 Å². The van der Waals surface area contributed by atoms with E-state index < -0.39 is 11.4 Å².